The van der Waals surface area contributed by atoms with E-state index < -0.39 is 11.6 Å². The van der Waals surface area contributed by atoms with Gasteiger partial charge >= 0.3 is 0 Å². The molecule has 0 aliphatic heterocycles. The van der Waals surface area contributed by atoms with Gasteiger partial charge in [-0.1, -0.05) is 0 Å². The molecule has 1 fully saturated rings. The average Bonchev–Trinajstić information content (AvgIpc) is 2.44. The van der Waals surface area contributed by atoms with Gasteiger partial charge in [0.15, 0.2) is 5.78 Å². The van der Waals surface area contributed by atoms with Gasteiger partial charge in [-0.3, -0.25) is 4.79 Å². The fraction of sp³-hybridized carbons (Fsp3) is 0.500. The summed E-state index contributed by atoms with van der Waals surface area (Å²) in [5, 5.41) is 9.74. The number of carbonyl (C=O) groups is 1. The van der Waals surface area contributed by atoms with E-state index in [1.165, 1.54) is 0 Å². The number of ether oxygens (including phenoxy) is 2. The van der Waals surface area contributed by atoms with Gasteiger partial charge in [0.05, 0.1) is 14.2 Å². The minimum atomic E-state index is -1.17. The van der Waals surface area contributed by atoms with Crippen LogP contribution in [0.4, 0.5) is 0 Å². The number of nitrogens with two attached hydrogens (primary N) is 1. The Labute approximate surface area is 112 Å². The number of rotatable bonds is 3. The van der Waals surface area contributed by atoms with Crippen LogP contribution in [0, 0.1) is 0 Å². The van der Waals surface area contributed by atoms with E-state index in [1.54, 1.807) is 32.4 Å². The number of ketones is 1. The molecule has 0 bridgehead atoms. The third-order valence-electron chi connectivity index (χ3n) is 3.66. The van der Waals surface area contributed by atoms with Gasteiger partial charge in [0.2, 0.25) is 0 Å². The molecule has 0 aromatic heterocycles. The molecule has 0 spiro atoms. The highest BCUT2D eigenvalue weighted by Gasteiger charge is 2.42. The largest absolute Gasteiger partial charge is 0.497 e. The zero-order chi connectivity index (χ0) is 14.0. The lowest BCUT2D eigenvalue weighted by atomic mass is 9.75. The van der Waals surface area contributed by atoms with Crippen LogP contribution in [-0.2, 0) is 10.3 Å². The molecule has 2 atom stereocenters. The molecule has 2 rings (SSSR count). The first-order chi connectivity index (χ1) is 9.01. The highest BCUT2D eigenvalue weighted by atomic mass is 16.5. The van der Waals surface area contributed by atoms with Gasteiger partial charge < -0.3 is 20.3 Å². The van der Waals surface area contributed by atoms with Gasteiger partial charge in [-0.05, 0) is 37.0 Å². The van der Waals surface area contributed by atoms with E-state index in [2.05, 4.69) is 0 Å². The fourth-order valence-corrected chi connectivity index (χ4v) is 2.48. The van der Waals surface area contributed by atoms with Crippen LogP contribution in [0.1, 0.15) is 24.8 Å². The van der Waals surface area contributed by atoms with Gasteiger partial charge in [-0.25, -0.2) is 0 Å². The van der Waals surface area contributed by atoms with Crippen molar-refractivity contribution in [2.24, 2.45) is 5.73 Å². The standard InChI is InChI=1S/C14H19NO4/c1-18-10-6-9(7-11(8-10)19-2)14(15)5-3-4-12(16)13(14)17/h6-8,12,16H,3-5,15H2,1-2H3. The number of aliphatic hydroxyl groups excluding tert-OH is 1. The molecule has 3 N–H and O–H groups in total. The lowest BCUT2D eigenvalue weighted by Crippen LogP contribution is -2.52. The van der Waals surface area contributed by atoms with Crippen LogP contribution in [0.15, 0.2) is 18.2 Å². The molecule has 104 valence electrons. The van der Waals surface area contributed by atoms with E-state index in [4.69, 9.17) is 15.2 Å². The molecule has 5 heteroatoms. The van der Waals surface area contributed by atoms with Crippen LogP contribution in [0.2, 0.25) is 0 Å². The summed E-state index contributed by atoms with van der Waals surface area (Å²) in [7, 11) is 3.08. The molecule has 1 aromatic rings. The summed E-state index contributed by atoms with van der Waals surface area (Å²) in [6, 6.07) is 5.16. The van der Waals surface area contributed by atoms with Crippen molar-refractivity contribution in [3.63, 3.8) is 0 Å². The number of hydrogen-bond acceptors (Lipinski definition) is 5. The summed E-state index contributed by atoms with van der Waals surface area (Å²) in [5.41, 5.74) is 5.69. The SMILES string of the molecule is COc1cc(OC)cc(C2(N)CCCC(O)C2=O)c1. The topological polar surface area (TPSA) is 81.8 Å². The monoisotopic (exact) mass is 265 g/mol. The van der Waals surface area contributed by atoms with Gasteiger partial charge in [0.25, 0.3) is 0 Å². The Morgan fingerprint density at radius 1 is 1.26 bits per heavy atom. The summed E-state index contributed by atoms with van der Waals surface area (Å²) in [5.74, 6) is 0.813. The van der Waals surface area contributed by atoms with E-state index >= 15 is 0 Å². The average molecular weight is 265 g/mol. The van der Waals surface area contributed by atoms with Crippen molar-refractivity contribution in [2.75, 3.05) is 14.2 Å². The molecule has 0 heterocycles. The number of hydrogen-bond donors (Lipinski definition) is 2. The summed E-state index contributed by atoms with van der Waals surface area (Å²) >= 11 is 0. The van der Waals surface area contributed by atoms with Crippen LogP contribution in [0.25, 0.3) is 0 Å². The molecule has 0 saturated heterocycles. The predicted molar refractivity (Wildman–Crippen MR) is 70.3 cm³/mol. The highest BCUT2D eigenvalue weighted by Crippen LogP contribution is 2.36. The summed E-state index contributed by atoms with van der Waals surface area (Å²) in [4.78, 5) is 12.2. The molecule has 5 nitrogen and oxygen atoms in total. The first kappa shape index (κ1) is 13.8. The lowest BCUT2D eigenvalue weighted by molar-refractivity contribution is -0.136. The molecular formula is C14H19NO4. The Morgan fingerprint density at radius 3 is 2.37 bits per heavy atom. The van der Waals surface area contributed by atoms with Crippen LogP contribution in [0.3, 0.4) is 0 Å². The van der Waals surface area contributed by atoms with Crippen molar-refractivity contribution in [3.05, 3.63) is 23.8 Å². The maximum absolute atomic E-state index is 12.2. The second-order valence-electron chi connectivity index (χ2n) is 4.84. The van der Waals surface area contributed by atoms with Gasteiger partial charge in [-0.2, -0.15) is 0 Å². The summed E-state index contributed by atoms with van der Waals surface area (Å²) in [6.45, 7) is 0. The lowest BCUT2D eigenvalue weighted by Gasteiger charge is -2.35. The second kappa shape index (κ2) is 5.19. The second-order valence-corrected chi connectivity index (χ2v) is 4.84. The minimum Gasteiger partial charge on any atom is -0.497 e. The third kappa shape index (κ3) is 2.43. The normalized spacial score (nSPS) is 27.2. The van der Waals surface area contributed by atoms with Crippen LogP contribution in [-0.4, -0.2) is 31.2 Å². The molecule has 1 aromatic carbocycles. The van der Waals surface area contributed by atoms with Crippen molar-refractivity contribution in [2.45, 2.75) is 30.9 Å². The molecule has 2 unspecified atom stereocenters. The summed E-state index contributed by atoms with van der Waals surface area (Å²) in [6.07, 6.45) is 0.706. The highest BCUT2D eigenvalue weighted by molar-refractivity contribution is 5.93. The summed E-state index contributed by atoms with van der Waals surface area (Å²) < 4.78 is 10.4. The number of aliphatic hydroxyl groups is 1. The van der Waals surface area contributed by atoms with E-state index in [1.807, 2.05) is 0 Å². The predicted octanol–water partition coefficient (Wildman–Crippen LogP) is 0.972. The van der Waals surface area contributed by atoms with E-state index in [-0.39, 0.29) is 5.78 Å². The van der Waals surface area contributed by atoms with E-state index in [0.717, 1.165) is 0 Å². The first-order valence-corrected chi connectivity index (χ1v) is 6.26. The quantitative estimate of drug-likeness (QED) is 0.851. The van der Waals surface area contributed by atoms with Gasteiger partial charge in [0, 0.05) is 6.07 Å². The van der Waals surface area contributed by atoms with E-state index in [9.17, 15) is 9.90 Å². The Bertz CT molecular complexity index is 466. The zero-order valence-electron chi connectivity index (χ0n) is 11.2. The van der Waals surface area contributed by atoms with Crippen molar-refractivity contribution >= 4 is 5.78 Å². The molecule has 1 aliphatic carbocycles. The smallest absolute Gasteiger partial charge is 0.185 e. The van der Waals surface area contributed by atoms with Crippen molar-refractivity contribution < 1.29 is 19.4 Å². The number of Topliss-reactive ketones (excluding diaryl/α,β-unsaturated/α-hetero) is 1. The third-order valence-corrected chi connectivity index (χ3v) is 3.66. The Morgan fingerprint density at radius 2 is 1.84 bits per heavy atom. The molecule has 0 amide bonds. The fourth-order valence-electron chi connectivity index (χ4n) is 2.48. The van der Waals surface area contributed by atoms with Crippen LogP contribution >= 0.6 is 0 Å². The van der Waals surface area contributed by atoms with Gasteiger partial charge in [0.1, 0.15) is 23.1 Å². The van der Waals surface area contributed by atoms with Crippen molar-refractivity contribution in [1.29, 1.82) is 0 Å². The van der Waals surface area contributed by atoms with E-state index in [0.29, 0.717) is 36.3 Å². The zero-order valence-corrected chi connectivity index (χ0v) is 11.2. The van der Waals surface area contributed by atoms with Crippen molar-refractivity contribution in [1.82, 2.24) is 0 Å². The number of methoxy groups -OCH3 is 2. The number of carbonyl (C=O) groups excluding carboxylic acids is 1. The number of benzene rings is 1. The maximum atomic E-state index is 12.2. The Balaban J connectivity index is 2.47. The molecule has 1 aliphatic rings. The van der Waals surface area contributed by atoms with Crippen LogP contribution in [0.5, 0.6) is 11.5 Å². The Hall–Kier alpha value is -1.59. The maximum Gasteiger partial charge on any atom is 0.185 e. The molecule has 0 radical (unpaired) electrons. The van der Waals surface area contributed by atoms with Crippen LogP contribution < -0.4 is 15.2 Å². The molecule has 19 heavy (non-hydrogen) atoms. The first-order valence-electron chi connectivity index (χ1n) is 6.26. The molecular weight excluding hydrogens is 246 g/mol. The minimum absolute atomic E-state index is 0.339. The van der Waals surface area contributed by atoms with Crippen molar-refractivity contribution in [3.8, 4) is 11.5 Å². The Kier molecular flexibility index (Phi) is 3.78. The van der Waals surface area contributed by atoms with Gasteiger partial charge in [-0.15, -0.1) is 0 Å². The molecule has 1 saturated carbocycles.